The molecule has 1 aliphatic rings. The number of hydrogen-bond donors (Lipinski definition) is 0. The van der Waals surface area contributed by atoms with Crippen LogP contribution in [0.4, 0.5) is 0 Å². The smallest absolute Gasteiger partial charge is 0.308 e. The average molecular weight is 453 g/mol. The lowest BCUT2D eigenvalue weighted by atomic mass is 9.95. The number of aromatic nitrogens is 4. The van der Waals surface area contributed by atoms with Crippen LogP contribution in [0.3, 0.4) is 0 Å². The summed E-state index contributed by atoms with van der Waals surface area (Å²) >= 11 is 1.60. The molecule has 0 amide bonds. The van der Waals surface area contributed by atoms with Crippen molar-refractivity contribution in [1.29, 1.82) is 0 Å². The highest BCUT2D eigenvalue weighted by Crippen LogP contribution is 2.28. The lowest BCUT2D eigenvalue weighted by Gasteiger charge is -2.16. The zero-order chi connectivity index (χ0) is 22.5. The minimum absolute atomic E-state index is 0.222. The van der Waals surface area contributed by atoms with Crippen LogP contribution in [0.15, 0.2) is 23.6 Å². The molecule has 4 rings (SSSR count). The number of rotatable bonds is 9. The Balaban J connectivity index is 1.42. The maximum atomic E-state index is 12.3. The van der Waals surface area contributed by atoms with Gasteiger partial charge in [0.1, 0.15) is 11.0 Å². The van der Waals surface area contributed by atoms with Crippen molar-refractivity contribution in [2.75, 3.05) is 6.61 Å². The van der Waals surface area contributed by atoms with Crippen molar-refractivity contribution in [3.05, 3.63) is 62.6 Å². The third kappa shape index (κ3) is 5.44. The Bertz CT molecular complexity index is 1070. The van der Waals surface area contributed by atoms with E-state index in [4.69, 9.17) is 14.7 Å². The fourth-order valence-electron chi connectivity index (χ4n) is 4.43. The maximum absolute atomic E-state index is 12.3. The van der Waals surface area contributed by atoms with E-state index in [1.165, 1.54) is 36.2 Å². The van der Waals surface area contributed by atoms with Crippen LogP contribution in [0.2, 0.25) is 0 Å². The second kappa shape index (κ2) is 10.4. The molecule has 32 heavy (non-hydrogen) atoms. The third-order valence-electron chi connectivity index (χ3n) is 5.96. The molecule has 1 aliphatic carbocycles. The fourth-order valence-corrected chi connectivity index (χ4v) is 5.36. The minimum atomic E-state index is -0.233. The zero-order valence-electron chi connectivity index (χ0n) is 19.3. The lowest BCUT2D eigenvalue weighted by molar-refractivity contribution is -0.143. The predicted octanol–water partition coefficient (Wildman–Crippen LogP) is 4.95. The topological polar surface area (TPSA) is 69.9 Å². The van der Waals surface area contributed by atoms with Crippen LogP contribution in [0.25, 0.3) is 0 Å². The van der Waals surface area contributed by atoms with E-state index in [0.717, 1.165) is 47.8 Å². The normalized spacial score (nSPS) is 14.2. The van der Waals surface area contributed by atoms with Crippen LogP contribution in [0.5, 0.6) is 0 Å². The van der Waals surface area contributed by atoms with Gasteiger partial charge in [0.25, 0.3) is 0 Å². The van der Waals surface area contributed by atoms with Crippen LogP contribution in [-0.2, 0) is 35.2 Å². The van der Waals surface area contributed by atoms with E-state index in [2.05, 4.69) is 22.6 Å². The highest BCUT2D eigenvalue weighted by molar-refractivity contribution is 7.09. The van der Waals surface area contributed by atoms with E-state index in [1.807, 2.05) is 31.5 Å². The molecule has 7 heteroatoms. The van der Waals surface area contributed by atoms with Crippen molar-refractivity contribution in [1.82, 2.24) is 19.7 Å². The molecule has 3 aromatic rings. The SMILES string of the molecule is CCOC(=O)CC(c1nc(CCCc2ccc3c(n2)CCCC3)cs1)n1nc(C)cc1C. The fraction of sp³-hybridized carbons (Fsp3) is 0.520. The summed E-state index contributed by atoms with van der Waals surface area (Å²) in [5.41, 5.74) is 6.94. The first-order chi connectivity index (χ1) is 15.5. The van der Waals surface area contributed by atoms with Gasteiger partial charge in [0.2, 0.25) is 0 Å². The molecule has 0 radical (unpaired) electrons. The first kappa shape index (κ1) is 22.6. The molecule has 0 saturated carbocycles. The predicted molar refractivity (Wildman–Crippen MR) is 126 cm³/mol. The van der Waals surface area contributed by atoms with Gasteiger partial charge in [-0.05, 0) is 83.4 Å². The van der Waals surface area contributed by atoms with Gasteiger partial charge < -0.3 is 4.74 Å². The van der Waals surface area contributed by atoms with Crippen LogP contribution in [-0.4, -0.2) is 32.3 Å². The average Bonchev–Trinajstić information content (AvgIpc) is 3.38. The van der Waals surface area contributed by atoms with E-state index in [0.29, 0.717) is 6.61 Å². The highest BCUT2D eigenvalue weighted by atomic mass is 32.1. The standard InChI is InChI=1S/C25H32N4O2S/c1-4-31-24(30)15-23(29-18(3)14-17(2)28-29)25-27-21(16-32-25)10-7-9-20-13-12-19-8-5-6-11-22(19)26-20/h12-14,16,23H,4-11,15H2,1-3H3. The molecule has 0 aliphatic heterocycles. The Morgan fingerprint density at radius 2 is 1.97 bits per heavy atom. The molecule has 3 heterocycles. The first-order valence-corrected chi connectivity index (χ1v) is 12.5. The van der Waals surface area contributed by atoms with Crippen molar-refractivity contribution in [3.63, 3.8) is 0 Å². The minimum Gasteiger partial charge on any atom is -0.466 e. The summed E-state index contributed by atoms with van der Waals surface area (Å²) in [5.74, 6) is -0.222. The summed E-state index contributed by atoms with van der Waals surface area (Å²) in [6, 6.07) is 6.25. The van der Waals surface area contributed by atoms with Gasteiger partial charge in [0.15, 0.2) is 0 Å². The molecule has 0 N–H and O–H groups in total. The second-order valence-corrected chi connectivity index (χ2v) is 9.43. The summed E-state index contributed by atoms with van der Waals surface area (Å²) in [7, 11) is 0. The molecule has 3 aromatic heterocycles. The molecular formula is C25H32N4O2S. The number of fused-ring (bicyclic) bond motifs is 1. The molecule has 1 atom stereocenters. The summed E-state index contributed by atoms with van der Waals surface area (Å²) in [6.07, 6.45) is 7.95. The molecule has 1 unspecified atom stereocenters. The number of ether oxygens (including phenoxy) is 1. The number of pyridine rings is 1. The van der Waals surface area contributed by atoms with Crippen LogP contribution >= 0.6 is 11.3 Å². The Labute approximate surface area is 194 Å². The molecule has 0 bridgehead atoms. The Hall–Kier alpha value is -2.54. The highest BCUT2D eigenvalue weighted by Gasteiger charge is 2.24. The van der Waals surface area contributed by atoms with Gasteiger partial charge in [0.05, 0.1) is 24.4 Å². The number of carbonyl (C=O) groups is 1. The van der Waals surface area contributed by atoms with Gasteiger partial charge in [-0.2, -0.15) is 5.10 Å². The second-order valence-electron chi connectivity index (χ2n) is 8.54. The number of aryl methyl sites for hydroxylation is 6. The molecule has 170 valence electrons. The number of nitrogens with zero attached hydrogens (tertiary/aromatic N) is 4. The van der Waals surface area contributed by atoms with Crippen molar-refractivity contribution in [2.45, 2.75) is 78.2 Å². The van der Waals surface area contributed by atoms with E-state index in [-0.39, 0.29) is 18.4 Å². The van der Waals surface area contributed by atoms with Gasteiger partial charge >= 0.3 is 5.97 Å². The van der Waals surface area contributed by atoms with Crippen molar-refractivity contribution in [2.24, 2.45) is 0 Å². The zero-order valence-corrected chi connectivity index (χ0v) is 20.1. The molecule has 0 spiro atoms. The largest absolute Gasteiger partial charge is 0.466 e. The van der Waals surface area contributed by atoms with E-state index < -0.39 is 0 Å². The van der Waals surface area contributed by atoms with Crippen molar-refractivity contribution >= 4 is 17.3 Å². The van der Waals surface area contributed by atoms with Crippen molar-refractivity contribution in [3.8, 4) is 0 Å². The van der Waals surface area contributed by atoms with Gasteiger partial charge in [0, 0.05) is 22.5 Å². The number of esters is 1. The Kier molecular flexibility index (Phi) is 7.35. The van der Waals surface area contributed by atoms with Crippen LogP contribution in [0.1, 0.15) is 77.7 Å². The third-order valence-corrected chi connectivity index (χ3v) is 6.96. The van der Waals surface area contributed by atoms with Gasteiger partial charge in [-0.25, -0.2) is 4.98 Å². The van der Waals surface area contributed by atoms with E-state index in [1.54, 1.807) is 11.3 Å². The molecule has 0 fully saturated rings. The van der Waals surface area contributed by atoms with Crippen molar-refractivity contribution < 1.29 is 9.53 Å². The summed E-state index contributed by atoms with van der Waals surface area (Å²) in [5, 5.41) is 7.63. The van der Waals surface area contributed by atoms with Gasteiger partial charge in [-0.3, -0.25) is 14.5 Å². The molecular weight excluding hydrogens is 420 g/mol. The van der Waals surface area contributed by atoms with E-state index >= 15 is 0 Å². The summed E-state index contributed by atoms with van der Waals surface area (Å²) < 4.78 is 7.12. The van der Waals surface area contributed by atoms with E-state index in [9.17, 15) is 4.79 Å². The monoisotopic (exact) mass is 452 g/mol. The number of hydrogen-bond acceptors (Lipinski definition) is 6. The molecule has 6 nitrogen and oxygen atoms in total. The first-order valence-electron chi connectivity index (χ1n) is 11.6. The maximum Gasteiger partial charge on any atom is 0.308 e. The molecule has 0 saturated heterocycles. The van der Waals surface area contributed by atoms with Gasteiger partial charge in [-0.15, -0.1) is 11.3 Å². The quantitative estimate of drug-likeness (QED) is 0.430. The lowest BCUT2D eigenvalue weighted by Crippen LogP contribution is -2.19. The van der Waals surface area contributed by atoms with Crippen LogP contribution in [0, 0.1) is 13.8 Å². The Morgan fingerprint density at radius 1 is 1.16 bits per heavy atom. The summed E-state index contributed by atoms with van der Waals surface area (Å²) in [6.45, 7) is 6.18. The van der Waals surface area contributed by atoms with Crippen LogP contribution < -0.4 is 0 Å². The number of thiazole rings is 1. The molecule has 0 aromatic carbocycles. The Morgan fingerprint density at radius 3 is 2.75 bits per heavy atom. The number of carbonyl (C=O) groups excluding carboxylic acids is 1. The summed E-state index contributed by atoms with van der Waals surface area (Å²) in [4.78, 5) is 22.0. The van der Waals surface area contributed by atoms with Gasteiger partial charge in [-0.1, -0.05) is 6.07 Å².